The number of nitrogens with one attached hydrogen (secondary N) is 1. The Morgan fingerprint density at radius 2 is 2.04 bits per heavy atom. The van der Waals surface area contributed by atoms with Crippen LogP contribution in [0, 0.1) is 0 Å². The van der Waals surface area contributed by atoms with Gasteiger partial charge < -0.3 is 10.4 Å². The average molecular weight is 378 g/mol. The van der Waals surface area contributed by atoms with E-state index < -0.39 is 0 Å². The number of phenolic OH excluding ortho intramolecular Hbond substituents is 1. The molecule has 6 nitrogen and oxygen atoms in total. The maximum atomic E-state index is 13.0. The highest BCUT2D eigenvalue weighted by Gasteiger charge is 2.19. The van der Waals surface area contributed by atoms with Gasteiger partial charge in [-0.2, -0.15) is 5.10 Å². The Kier molecular flexibility index (Phi) is 4.37. The van der Waals surface area contributed by atoms with E-state index in [0.29, 0.717) is 22.3 Å². The highest BCUT2D eigenvalue weighted by Crippen LogP contribution is 2.30. The molecule has 0 saturated carbocycles. The van der Waals surface area contributed by atoms with Gasteiger partial charge in [0.15, 0.2) is 5.65 Å². The van der Waals surface area contributed by atoms with Gasteiger partial charge >= 0.3 is 0 Å². The van der Waals surface area contributed by atoms with E-state index in [9.17, 15) is 9.90 Å². The van der Waals surface area contributed by atoms with E-state index in [4.69, 9.17) is 4.98 Å². The number of thiophene rings is 1. The standard InChI is InChI=1S/C20H18N4O2S/c1-12(2)24-19-14(11-21-24)13(10-16(22-19)18-8-5-9-27-18)20(26)23-15-6-3-4-7-17(15)25/h3-12,25H,1-2H3,(H,23,26). The van der Waals surface area contributed by atoms with Gasteiger partial charge in [0.1, 0.15) is 5.75 Å². The van der Waals surface area contributed by atoms with Gasteiger partial charge in [-0.15, -0.1) is 11.3 Å². The van der Waals surface area contributed by atoms with Gasteiger partial charge in [0.25, 0.3) is 5.91 Å². The van der Waals surface area contributed by atoms with Crippen LogP contribution in [0.3, 0.4) is 0 Å². The van der Waals surface area contributed by atoms with Crippen molar-refractivity contribution in [2.75, 3.05) is 5.32 Å². The van der Waals surface area contributed by atoms with Crippen molar-refractivity contribution in [3.05, 3.63) is 59.6 Å². The number of rotatable bonds is 4. The number of aromatic nitrogens is 3. The van der Waals surface area contributed by atoms with Crippen molar-refractivity contribution in [3.63, 3.8) is 0 Å². The summed E-state index contributed by atoms with van der Waals surface area (Å²) in [6.07, 6.45) is 1.67. The summed E-state index contributed by atoms with van der Waals surface area (Å²) in [6.45, 7) is 4.04. The number of phenols is 1. The largest absolute Gasteiger partial charge is 0.506 e. The highest BCUT2D eigenvalue weighted by atomic mass is 32.1. The van der Waals surface area contributed by atoms with Crippen molar-refractivity contribution >= 4 is 34.0 Å². The molecule has 4 rings (SSSR count). The maximum Gasteiger partial charge on any atom is 0.256 e. The van der Waals surface area contributed by atoms with Crippen LogP contribution in [0.4, 0.5) is 5.69 Å². The third-order valence-electron chi connectivity index (χ3n) is 4.23. The van der Waals surface area contributed by atoms with Crippen molar-refractivity contribution in [3.8, 4) is 16.3 Å². The number of carbonyl (C=O) groups is 1. The zero-order valence-electron chi connectivity index (χ0n) is 14.9. The van der Waals surface area contributed by atoms with E-state index in [1.807, 2.05) is 36.0 Å². The number of anilines is 1. The van der Waals surface area contributed by atoms with E-state index >= 15 is 0 Å². The second kappa shape index (κ2) is 6.85. The molecular formula is C20H18N4O2S. The van der Waals surface area contributed by atoms with Gasteiger partial charge in [0, 0.05) is 6.04 Å². The fourth-order valence-corrected chi connectivity index (χ4v) is 3.59. The third-order valence-corrected chi connectivity index (χ3v) is 5.12. The van der Waals surface area contributed by atoms with Crippen molar-refractivity contribution in [2.45, 2.75) is 19.9 Å². The summed E-state index contributed by atoms with van der Waals surface area (Å²) in [5.74, 6) is -0.294. The van der Waals surface area contributed by atoms with Gasteiger partial charge in [-0.1, -0.05) is 18.2 Å². The van der Waals surface area contributed by atoms with Gasteiger partial charge in [-0.25, -0.2) is 9.67 Å². The van der Waals surface area contributed by atoms with Crippen molar-refractivity contribution in [1.82, 2.24) is 14.8 Å². The molecule has 0 aliphatic rings. The second-order valence-corrected chi connectivity index (χ2v) is 7.37. The number of hydrogen-bond acceptors (Lipinski definition) is 5. The molecule has 0 radical (unpaired) electrons. The molecule has 1 amide bonds. The van der Waals surface area contributed by atoms with Crippen LogP contribution in [0.15, 0.2) is 54.0 Å². The van der Waals surface area contributed by atoms with Crippen molar-refractivity contribution in [1.29, 1.82) is 0 Å². The number of para-hydroxylation sites is 2. The van der Waals surface area contributed by atoms with E-state index in [0.717, 1.165) is 10.6 Å². The van der Waals surface area contributed by atoms with Gasteiger partial charge in [0.05, 0.1) is 33.4 Å². The lowest BCUT2D eigenvalue weighted by molar-refractivity contribution is 0.102. The number of aromatic hydroxyl groups is 1. The number of benzene rings is 1. The molecule has 2 N–H and O–H groups in total. The van der Waals surface area contributed by atoms with E-state index in [1.165, 1.54) is 6.07 Å². The Hall–Kier alpha value is -3.19. The molecule has 0 spiro atoms. The molecule has 0 atom stereocenters. The smallest absolute Gasteiger partial charge is 0.256 e. The Labute approximate surface area is 160 Å². The summed E-state index contributed by atoms with van der Waals surface area (Å²) in [5, 5.41) is 19.8. The molecule has 3 aromatic heterocycles. The van der Waals surface area contributed by atoms with Crippen LogP contribution in [0.2, 0.25) is 0 Å². The van der Waals surface area contributed by atoms with Crippen LogP contribution in [0.1, 0.15) is 30.2 Å². The molecule has 4 aromatic rings. The summed E-state index contributed by atoms with van der Waals surface area (Å²) in [4.78, 5) is 18.7. The number of hydrogen-bond donors (Lipinski definition) is 2. The van der Waals surface area contributed by atoms with Crippen LogP contribution < -0.4 is 5.32 Å². The topological polar surface area (TPSA) is 80.0 Å². The molecule has 3 heterocycles. The second-order valence-electron chi connectivity index (χ2n) is 6.42. The Bertz CT molecular complexity index is 1120. The lowest BCUT2D eigenvalue weighted by Crippen LogP contribution is -2.13. The minimum absolute atomic E-state index is 0.0208. The minimum atomic E-state index is -0.315. The molecule has 0 saturated heterocycles. The van der Waals surface area contributed by atoms with Crippen LogP contribution >= 0.6 is 11.3 Å². The number of amides is 1. The zero-order chi connectivity index (χ0) is 19.0. The number of pyridine rings is 1. The van der Waals surface area contributed by atoms with Crippen molar-refractivity contribution < 1.29 is 9.90 Å². The summed E-state index contributed by atoms with van der Waals surface area (Å²) in [6, 6.07) is 12.5. The van der Waals surface area contributed by atoms with Crippen molar-refractivity contribution in [2.24, 2.45) is 0 Å². The predicted molar refractivity (Wildman–Crippen MR) is 107 cm³/mol. The molecule has 1 aromatic carbocycles. The first kappa shape index (κ1) is 17.2. The molecule has 0 aliphatic heterocycles. The molecule has 136 valence electrons. The number of nitrogens with zero attached hydrogens (tertiary/aromatic N) is 3. The fourth-order valence-electron chi connectivity index (χ4n) is 2.90. The maximum absolute atomic E-state index is 13.0. The summed E-state index contributed by atoms with van der Waals surface area (Å²) in [5.41, 5.74) is 2.22. The number of carbonyl (C=O) groups excluding carboxylic acids is 1. The lowest BCUT2D eigenvalue weighted by atomic mass is 10.1. The lowest BCUT2D eigenvalue weighted by Gasteiger charge is -2.11. The molecule has 0 fully saturated rings. The fraction of sp³-hybridized carbons (Fsp3) is 0.150. The molecule has 0 bridgehead atoms. The van der Waals surface area contributed by atoms with E-state index in [-0.39, 0.29) is 17.7 Å². The van der Waals surface area contributed by atoms with Crippen LogP contribution in [0.25, 0.3) is 21.6 Å². The summed E-state index contributed by atoms with van der Waals surface area (Å²) < 4.78 is 1.81. The minimum Gasteiger partial charge on any atom is -0.506 e. The molecular weight excluding hydrogens is 360 g/mol. The quantitative estimate of drug-likeness (QED) is 0.505. The van der Waals surface area contributed by atoms with E-state index in [2.05, 4.69) is 10.4 Å². The van der Waals surface area contributed by atoms with Crippen LogP contribution in [0.5, 0.6) is 5.75 Å². The normalized spacial score (nSPS) is 11.2. The summed E-state index contributed by atoms with van der Waals surface area (Å²) >= 11 is 1.56. The molecule has 27 heavy (non-hydrogen) atoms. The Balaban J connectivity index is 1.86. The Morgan fingerprint density at radius 3 is 2.74 bits per heavy atom. The van der Waals surface area contributed by atoms with Crippen LogP contribution in [-0.4, -0.2) is 25.8 Å². The molecule has 7 heteroatoms. The predicted octanol–water partition coefficient (Wildman–Crippen LogP) is 4.70. The monoisotopic (exact) mass is 378 g/mol. The first-order chi connectivity index (χ1) is 13.0. The SMILES string of the molecule is CC(C)n1ncc2c(C(=O)Nc3ccccc3O)cc(-c3cccs3)nc21. The van der Waals surface area contributed by atoms with Gasteiger partial charge in [0.2, 0.25) is 0 Å². The summed E-state index contributed by atoms with van der Waals surface area (Å²) in [7, 11) is 0. The van der Waals surface area contributed by atoms with Gasteiger partial charge in [-0.3, -0.25) is 4.79 Å². The highest BCUT2D eigenvalue weighted by molar-refractivity contribution is 7.13. The third kappa shape index (κ3) is 3.17. The zero-order valence-corrected chi connectivity index (χ0v) is 15.7. The Morgan fingerprint density at radius 1 is 1.22 bits per heavy atom. The first-order valence-electron chi connectivity index (χ1n) is 8.56. The van der Waals surface area contributed by atoms with Gasteiger partial charge in [-0.05, 0) is 43.5 Å². The van der Waals surface area contributed by atoms with Crippen LogP contribution in [-0.2, 0) is 0 Å². The molecule has 0 unspecified atom stereocenters. The molecule has 0 aliphatic carbocycles. The first-order valence-corrected chi connectivity index (χ1v) is 9.44. The number of fused-ring (bicyclic) bond motifs is 1. The van der Waals surface area contributed by atoms with E-state index in [1.54, 1.807) is 41.8 Å². The average Bonchev–Trinajstić information content (AvgIpc) is 3.32.